The van der Waals surface area contributed by atoms with Gasteiger partial charge in [0, 0.05) is 19.3 Å². The molecule has 0 spiro atoms. The van der Waals surface area contributed by atoms with Crippen molar-refractivity contribution < 1.29 is 12.8 Å². The van der Waals surface area contributed by atoms with E-state index < -0.39 is 10.0 Å². The first-order valence-electron chi connectivity index (χ1n) is 6.70. The van der Waals surface area contributed by atoms with E-state index in [2.05, 4.69) is 15.1 Å². The number of rotatable bonds is 7. The summed E-state index contributed by atoms with van der Waals surface area (Å²) in [5, 5.41) is 7.23. The zero-order chi connectivity index (χ0) is 15.5. The van der Waals surface area contributed by atoms with Gasteiger partial charge in [0.05, 0.1) is 18.8 Å². The van der Waals surface area contributed by atoms with Gasteiger partial charge in [-0.2, -0.15) is 5.10 Å². The third kappa shape index (κ3) is 3.93. The van der Waals surface area contributed by atoms with Crippen molar-refractivity contribution in [2.75, 3.05) is 6.54 Å². The summed E-state index contributed by atoms with van der Waals surface area (Å²) in [6, 6.07) is 3.32. The van der Waals surface area contributed by atoms with Gasteiger partial charge in [0.15, 0.2) is 0 Å². The van der Waals surface area contributed by atoms with Crippen LogP contribution in [0.3, 0.4) is 0 Å². The van der Waals surface area contributed by atoms with E-state index in [-0.39, 0.29) is 11.4 Å². The first kappa shape index (κ1) is 15.7. The Labute approximate surface area is 124 Å². The summed E-state index contributed by atoms with van der Waals surface area (Å²) in [5.74, 6) is 0.990. The maximum absolute atomic E-state index is 12.3. The van der Waals surface area contributed by atoms with Gasteiger partial charge < -0.3 is 9.73 Å². The number of nitrogens with one attached hydrogen (secondary N) is 2. The van der Waals surface area contributed by atoms with E-state index >= 15 is 0 Å². The number of aromatic nitrogens is 2. The Morgan fingerprint density at radius 2 is 2.14 bits per heavy atom. The van der Waals surface area contributed by atoms with Gasteiger partial charge in [-0.05, 0) is 19.5 Å². The lowest BCUT2D eigenvalue weighted by Gasteiger charge is -2.03. The van der Waals surface area contributed by atoms with E-state index in [1.165, 1.54) is 0 Å². The molecule has 8 heteroatoms. The third-order valence-corrected chi connectivity index (χ3v) is 4.48. The topological polar surface area (TPSA) is 89.2 Å². The predicted molar refractivity (Wildman–Crippen MR) is 78.1 cm³/mol. The first-order chi connectivity index (χ1) is 9.92. The van der Waals surface area contributed by atoms with Gasteiger partial charge in [0.1, 0.15) is 16.4 Å². The second-order valence-electron chi connectivity index (χ2n) is 4.72. The maximum atomic E-state index is 12.3. The Bertz CT molecular complexity index is 703. The van der Waals surface area contributed by atoms with Gasteiger partial charge in [0.2, 0.25) is 10.0 Å². The lowest BCUT2D eigenvalue weighted by Crippen LogP contribution is -2.23. The van der Waals surface area contributed by atoms with Crippen LogP contribution in [-0.4, -0.2) is 24.7 Å². The molecule has 116 valence electrons. The molecular formula is C13H20N4O3S. The van der Waals surface area contributed by atoms with Gasteiger partial charge in [-0.25, -0.2) is 13.1 Å². The number of hydrogen-bond acceptors (Lipinski definition) is 5. The highest BCUT2D eigenvalue weighted by atomic mass is 32.2. The molecule has 7 nitrogen and oxygen atoms in total. The molecule has 0 fully saturated rings. The van der Waals surface area contributed by atoms with E-state index in [9.17, 15) is 8.42 Å². The van der Waals surface area contributed by atoms with Crippen LogP contribution in [0.2, 0.25) is 0 Å². The summed E-state index contributed by atoms with van der Waals surface area (Å²) >= 11 is 0. The SMILES string of the molecule is CCNCc1cc(S(=O)(=O)NCc2ccn(C)n2)c(C)o1. The Morgan fingerprint density at radius 1 is 1.38 bits per heavy atom. The fourth-order valence-electron chi connectivity index (χ4n) is 1.93. The second kappa shape index (κ2) is 6.42. The van der Waals surface area contributed by atoms with Crippen molar-refractivity contribution in [2.24, 2.45) is 7.05 Å². The number of nitrogens with zero attached hydrogens (tertiary/aromatic N) is 2. The van der Waals surface area contributed by atoms with Crippen molar-refractivity contribution >= 4 is 10.0 Å². The molecule has 0 bridgehead atoms. The lowest BCUT2D eigenvalue weighted by atomic mass is 10.4. The summed E-state index contributed by atoms with van der Waals surface area (Å²) in [7, 11) is -1.82. The number of hydrogen-bond donors (Lipinski definition) is 2. The molecule has 2 aromatic rings. The van der Waals surface area contributed by atoms with Gasteiger partial charge in [-0.15, -0.1) is 0 Å². The Hall–Kier alpha value is -1.64. The number of sulfonamides is 1. The van der Waals surface area contributed by atoms with E-state index in [1.807, 2.05) is 6.92 Å². The Morgan fingerprint density at radius 3 is 2.76 bits per heavy atom. The summed E-state index contributed by atoms with van der Waals surface area (Å²) in [5.41, 5.74) is 0.662. The molecule has 0 saturated heterocycles. The van der Waals surface area contributed by atoms with Crippen molar-refractivity contribution in [1.29, 1.82) is 0 Å². The van der Waals surface area contributed by atoms with Gasteiger partial charge in [-0.1, -0.05) is 6.92 Å². The molecule has 2 heterocycles. The highest BCUT2D eigenvalue weighted by Crippen LogP contribution is 2.20. The van der Waals surface area contributed by atoms with Crippen molar-refractivity contribution in [1.82, 2.24) is 19.8 Å². The highest BCUT2D eigenvalue weighted by Gasteiger charge is 2.21. The average Bonchev–Trinajstić information content (AvgIpc) is 3.00. The molecule has 21 heavy (non-hydrogen) atoms. The normalized spacial score (nSPS) is 12.0. The summed E-state index contributed by atoms with van der Waals surface area (Å²) in [6.07, 6.45) is 1.77. The molecule has 0 atom stereocenters. The summed E-state index contributed by atoms with van der Waals surface area (Å²) < 4.78 is 34.2. The van der Waals surface area contributed by atoms with Crippen molar-refractivity contribution in [3.05, 3.63) is 35.5 Å². The highest BCUT2D eigenvalue weighted by molar-refractivity contribution is 7.89. The van der Waals surface area contributed by atoms with Crippen LogP contribution in [0.25, 0.3) is 0 Å². The van der Waals surface area contributed by atoms with Crippen LogP contribution < -0.4 is 10.0 Å². The van der Waals surface area contributed by atoms with Crippen LogP contribution in [0.1, 0.15) is 24.1 Å². The van der Waals surface area contributed by atoms with Crippen LogP contribution in [0.4, 0.5) is 0 Å². The standard InChI is InChI=1S/C13H20N4O3S/c1-4-14-9-12-7-13(10(2)20-12)21(18,19)15-8-11-5-6-17(3)16-11/h5-7,14-15H,4,8-9H2,1-3H3. The Balaban J connectivity index is 2.09. The predicted octanol–water partition coefficient (Wildman–Crippen LogP) is 0.910. The van der Waals surface area contributed by atoms with Crippen molar-refractivity contribution in [2.45, 2.75) is 31.8 Å². The van der Waals surface area contributed by atoms with Crippen LogP contribution in [-0.2, 0) is 30.2 Å². The van der Waals surface area contributed by atoms with Crippen LogP contribution in [0.15, 0.2) is 27.6 Å². The zero-order valence-electron chi connectivity index (χ0n) is 12.4. The zero-order valence-corrected chi connectivity index (χ0v) is 13.2. The molecule has 0 radical (unpaired) electrons. The average molecular weight is 312 g/mol. The third-order valence-electron chi connectivity index (χ3n) is 2.97. The van der Waals surface area contributed by atoms with Crippen LogP contribution in [0.5, 0.6) is 0 Å². The molecule has 0 amide bonds. The largest absolute Gasteiger partial charge is 0.464 e. The molecule has 2 N–H and O–H groups in total. The maximum Gasteiger partial charge on any atom is 0.244 e. The van der Waals surface area contributed by atoms with Gasteiger partial charge in [0.25, 0.3) is 0 Å². The Kier molecular flexibility index (Phi) is 4.81. The molecule has 0 aliphatic carbocycles. The summed E-state index contributed by atoms with van der Waals surface area (Å²) in [6.45, 7) is 5.07. The molecule has 2 rings (SSSR count). The molecule has 0 unspecified atom stereocenters. The van der Waals surface area contributed by atoms with Crippen molar-refractivity contribution in [3.8, 4) is 0 Å². The summed E-state index contributed by atoms with van der Waals surface area (Å²) in [4.78, 5) is 0.173. The minimum atomic E-state index is -3.60. The van der Waals surface area contributed by atoms with E-state index in [4.69, 9.17) is 4.42 Å². The molecule has 0 aromatic carbocycles. The second-order valence-corrected chi connectivity index (χ2v) is 6.45. The molecule has 0 saturated carbocycles. The minimum Gasteiger partial charge on any atom is -0.464 e. The molecule has 0 aliphatic rings. The minimum absolute atomic E-state index is 0.149. The monoisotopic (exact) mass is 312 g/mol. The van der Waals surface area contributed by atoms with Gasteiger partial charge in [-0.3, -0.25) is 4.68 Å². The van der Waals surface area contributed by atoms with E-state index in [0.717, 1.165) is 6.54 Å². The quantitative estimate of drug-likeness (QED) is 0.793. The molecular weight excluding hydrogens is 292 g/mol. The molecule has 2 aromatic heterocycles. The fraction of sp³-hybridized carbons (Fsp3) is 0.462. The van der Waals surface area contributed by atoms with E-state index in [1.54, 1.807) is 37.0 Å². The first-order valence-corrected chi connectivity index (χ1v) is 8.19. The smallest absolute Gasteiger partial charge is 0.244 e. The van der Waals surface area contributed by atoms with Crippen LogP contribution in [0, 0.1) is 6.92 Å². The van der Waals surface area contributed by atoms with Gasteiger partial charge >= 0.3 is 0 Å². The molecule has 0 aliphatic heterocycles. The number of furan rings is 1. The van der Waals surface area contributed by atoms with Crippen molar-refractivity contribution in [3.63, 3.8) is 0 Å². The number of aryl methyl sites for hydroxylation is 2. The van der Waals surface area contributed by atoms with Crippen LogP contribution >= 0.6 is 0 Å². The van der Waals surface area contributed by atoms with E-state index in [0.29, 0.717) is 23.8 Å². The lowest BCUT2D eigenvalue weighted by molar-refractivity contribution is 0.460. The fourth-order valence-corrected chi connectivity index (χ4v) is 3.13.